The first-order chi connectivity index (χ1) is 8.79. The third kappa shape index (κ3) is 2.14. The fourth-order valence-corrected chi connectivity index (χ4v) is 3.02. The van der Waals surface area contributed by atoms with Crippen LogP contribution in [0.5, 0.6) is 0 Å². The molecule has 0 N–H and O–H groups in total. The summed E-state index contributed by atoms with van der Waals surface area (Å²) in [5.41, 5.74) is 0. The van der Waals surface area contributed by atoms with Crippen molar-refractivity contribution >= 4 is 39.0 Å². The molecule has 6 heteroatoms. The van der Waals surface area contributed by atoms with Crippen LogP contribution >= 0.6 is 22.9 Å². The Labute approximate surface area is 114 Å². The van der Waals surface area contributed by atoms with Crippen molar-refractivity contribution in [3.05, 3.63) is 16.7 Å². The van der Waals surface area contributed by atoms with E-state index in [0.717, 1.165) is 16.0 Å². The summed E-state index contributed by atoms with van der Waals surface area (Å²) >= 11 is 7.54. The molecule has 0 atom stereocenters. The molecule has 2 aromatic heterocycles. The van der Waals surface area contributed by atoms with Crippen molar-refractivity contribution in [3.8, 4) is 6.07 Å². The van der Waals surface area contributed by atoms with Gasteiger partial charge in [-0.05, 0) is 35.9 Å². The summed E-state index contributed by atoms with van der Waals surface area (Å²) in [5, 5.41) is 12.1. The number of nitrogens with zero attached hydrogens (tertiary/aromatic N) is 4. The molecule has 2 aromatic rings. The predicted molar refractivity (Wildman–Crippen MR) is 73.0 cm³/mol. The number of rotatable bonds is 4. The van der Waals surface area contributed by atoms with Crippen molar-refractivity contribution in [2.75, 3.05) is 11.4 Å². The van der Waals surface area contributed by atoms with Crippen LogP contribution in [0.15, 0.2) is 11.4 Å². The van der Waals surface area contributed by atoms with Crippen molar-refractivity contribution in [3.63, 3.8) is 0 Å². The first-order valence-corrected chi connectivity index (χ1v) is 7.09. The molecule has 1 aliphatic rings. The smallest absolute Gasteiger partial charge is 0.225 e. The first-order valence-electron chi connectivity index (χ1n) is 5.84. The molecule has 1 fully saturated rings. The lowest BCUT2D eigenvalue weighted by molar-refractivity contribution is 0.781. The second kappa shape index (κ2) is 4.71. The van der Waals surface area contributed by atoms with Crippen LogP contribution < -0.4 is 4.90 Å². The van der Waals surface area contributed by atoms with Crippen molar-refractivity contribution < 1.29 is 0 Å². The zero-order valence-corrected chi connectivity index (χ0v) is 11.2. The summed E-state index contributed by atoms with van der Waals surface area (Å²) in [4.78, 5) is 11.7. The lowest BCUT2D eigenvalue weighted by Crippen LogP contribution is -2.27. The minimum absolute atomic E-state index is 0.280. The SMILES string of the molecule is N#CCCN(c1nc(Cl)nc2sccc12)C1CC1. The lowest BCUT2D eigenvalue weighted by Gasteiger charge is -2.22. The van der Waals surface area contributed by atoms with Crippen molar-refractivity contribution in [1.29, 1.82) is 5.26 Å². The van der Waals surface area contributed by atoms with Gasteiger partial charge in [-0.1, -0.05) is 0 Å². The molecular formula is C12H11ClN4S. The Hall–Kier alpha value is -1.38. The van der Waals surface area contributed by atoms with E-state index in [4.69, 9.17) is 16.9 Å². The van der Waals surface area contributed by atoms with Gasteiger partial charge in [0.25, 0.3) is 0 Å². The van der Waals surface area contributed by atoms with E-state index in [-0.39, 0.29) is 5.28 Å². The standard InChI is InChI=1S/C12H11ClN4S/c13-12-15-10(9-4-7-18-11(9)16-12)17(6-1-5-14)8-2-3-8/h4,7-8H,1-3,6H2. The minimum Gasteiger partial charge on any atom is -0.352 e. The molecule has 0 aromatic carbocycles. The number of hydrogen-bond donors (Lipinski definition) is 0. The van der Waals surface area contributed by atoms with E-state index in [1.165, 1.54) is 12.8 Å². The summed E-state index contributed by atoms with van der Waals surface area (Å²) in [7, 11) is 0. The average Bonchev–Trinajstić information content (AvgIpc) is 3.08. The van der Waals surface area contributed by atoms with Gasteiger partial charge in [0.05, 0.1) is 17.9 Å². The topological polar surface area (TPSA) is 52.8 Å². The largest absolute Gasteiger partial charge is 0.352 e. The predicted octanol–water partition coefficient (Wildman–Crippen LogP) is 3.23. The highest BCUT2D eigenvalue weighted by molar-refractivity contribution is 7.16. The summed E-state index contributed by atoms with van der Waals surface area (Å²) in [6.45, 7) is 0.708. The molecule has 4 nitrogen and oxygen atoms in total. The van der Waals surface area contributed by atoms with E-state index in [2.05, 4.69) is 20.9 Å². The van der Waals surface area contributed by atoms with Gasteiger partial charge in [-0.25, -0.2) is 4.98 Å². The Kier molecular flexibility index (Phi) is 3.06. The van der Waals surface area contributed by atoms with Crippen LogP contribution in [0.4, 0.5) is 5.82 Å². The molecule has 0 bridgehead atoms. The third-order valence-corrected chi connectivity index (χ3v) is 3.98. The zero-order chi connectivity index (χ0) is 12.5. The molecule has 2 heterocycles. The average molecular weight is 279 g/mol. The van der Waals surface area contributed by atoms with Gasteiger partial charge in [-0.3, -0.25) is 0 Å². The van der Waals surface area contributed by atoms with Gasteiger partial charge in [-0.2, -0.15) is 10.2 Å². The molecule has 1 saturated carbocycles. The van der Waals surface area contributed by atoms with Gasteiger partial charge in [0, 0.05) is 12.6 Å². The number of aromatic nitrogens is 2. The van der Waals surface area contributed by atoms with Gasteiger partial charge >= 0.3 is 0 Å². The second-order valence-electron chi connectivity index (χ2n) is 4.29. The maximum absolute atomic E-state index is 8.76. The van der Waals surface area contributed by atoms with Gasteiger partial charge in [-0.15, -0.1) is 11.3 Å². The molecule has 92 valence electrons. The second-order valence-corrected chi connectivity index (χ2v) is 5.52. The Balaban J connectivity index is 2.04. The molecule has 0 radical (unpaired) electrons. The van der Waals surface area contributed by atoms with Crippen LogP contribution in [0.2, 0.25) is 5.28 Å². The molecule has 18 heavy (non-hydrogen) atoms. The maximum atomic E-state index is 8.76. The van der Waals surface area contributed by atoms with Crippen LogP contribution in [0.1, 0.15) is 19.3 Å². The van der Waals surface area contributed by atoms with E-state index in [1.54, 1.807) is 11.3 Å². The van der Waals surface area contributed by atoms with E-state index in [9.17, 15) is 0 Å². The summed E-state index contributed by atoms with van der Waals surface area (Å²) in [5.74, 6) is 0.879. The Bertz CT molecular complexity index is 614. The van der Waals surface area contributed by atoms with Crippen molar-refractivity contribution in [1.82, 2.24) is 9.97 Å². The summed E-state index contributed by atoms with van der Waals surface area (Å²) in [6.07, 6.45) is 2.83. The zero-order valence-electron chi connectivity index (χ0n) is 9.64. The maximum Gasteiger partial charge on any atom is 0.225 e. The van der Waals surface area contributed by atoms with Gasteiger partial charge in [0.2, 0.25) is 5.28 Å². The highest BCUT2D eigenvalue weighted by Crippen LogP contribution is 2.36. The lowest BCUT2D eigenvalue weighted by atomic mass is 10.3. The van der Waals surface area contributed by atoms with Gasteiger partial charge in [0.1, 0.15) is 10.6 Å². The van der Waals surface area contributed by atoms with E-state index >= 15 is 0 Å². The first kappa shape index (κ1) is 11.7. The summed E-state index contributed by atoms with van der Waals surface area (Å²) < 4.78 is 0. The summed E-state index contributed by atoms with van der Waals surface area (Å²) in [6, 6.07) is 4.72. The van der Waals surface area contributed by atoms with Crippen LogP contribution in [0.25, 0.3) is 10.2 Å². The third-order valence-electron chi connectivity index (χ3n) is 3.00. The minimum atomic E-state index is 0.280. The van der Waals surface area contributed by atoms with Crippen molar-refractivity contribution in [2.45, 2.75) is 25.3 Å². The van der Waals surface area contributed by atoms with Crippen LogP contribution in [0.3, 0.4) is 0 Å². The van der Waals surface area contributed by atoms with Crippen molar-refractivity contribution in [2.24, 2.45) is 0 Å². The highest BCUT2D eigenvalue weighted by Gasteiger charge is 2.31. The molecule has 1 aliphatic carbocycles. The van der Waals surface area contributed by atoms with Crippen LogP contribution in [-0.2, 0) is 0 Å². The number of fused-ring (bicyclic) bond motifs is 1. The normalized spacial score (nSPS) is 14.7. The number of thiophene rings is 1. The van der Waals surface area contributed by atoms with Gasteiger partial charge in [0.15, 0.2) is 0 Å². The Morgan fingerprint density at radius 3 is 3.06 bits per heavy atom. The number of hydrogen-bond acceptors (Lipinski definition) is 5. The monoisotopic (exact) mass is 278 g/mol. The highest BCUT2D eigenvalue weighted by atomic mass is 35.5. The van der Waals surface area contributed by atoms with Gasteiger partial charge < -0.3 is 4.90 Å². The molecule has 0 amide bonds. The van der Waals surface area contributed by atoms with E-state index < -0.39 is 0 Å². The molecule has 0 saturated heterocycles. The molecule has 0 aliphatic heterocycles. The molecule has 0 spiro atoms. The number of nitriles is 1. The Morgan fingerprint density at radius 1 is 1.50 bits per heavy atom. The number of anilines is 1. The van der Waals surface area contributed by atoms with E-state index in [1.807, 2.05) is 11.4 Å². The fraction of sp³-hybridized carbons (Fsp3) is 0.417. The fourth-order valence-electron chi connectivity index (χ4n) is 2.05. The number of halogens is 1. The quantitative estimate of drug-likeness (QED) is 0.806. The molecule has 0 unspecified atom stereocenters. The van der Waals surface area contributed by atoms with Crippen LogP contribution in [-0.4, -0.2) is 22.6 Å². The molecular weight excluding hydrogens is 268 g/mol. The molecule has 3 rings (SSSR count). The Morgan fingerprint density at radius 2 is 2.33 bits per heavy atom. The van der Waals surface area contributed by atoms with Crippen LogP contribution in [0, 0.1) is 11.3 Å². The van der Waals surface area contributed by atoms with E-state index in [0.29, 0.717) is 19.0 Å².